The molecule has 0 fully saturated rings. The number of nitrogens with one attached hydrogen (secondary N) is 2. The van der Waals surface area contributed by atoms with E-state index in [1.807, 2.05) is 24.3 Å². The predicted molar refractivity (Wildman–Crippen MR) is 95.3 cm³/mol. The van der Waals surface area contributed by atoms with Crippen LogP contribution in [0.15, 0.2) is 54.7 Å². The topological polar surface area (TPSA) is 49.8 Å². The van der Waals surface area contributed by atoms with Crippen molar-refractivity contribution in [3.8, 4) is 0 Å². The maximum atomic E-state index is 13.7. The van der Waals surface area contributed by atoms with Crippen LogP contribution in [0.1, 0.15) is 5.56 Å². The molecule has 0 spiro atoms. The Morgan fingerprint density at radius 2 is 1.76 bits per heavy atom. The van der Waals surface area contributed by atoms with E-state index in [1.54, 1.807) is 0 Å². The van der Waals surface area contributed by atoms with Gasteiger partial charge in [0.2, 0.25) is 5.95 Å². The molecule has 4 nitrogen and oxygen atoms in total. The van der Waals surface area contributed by atoms with Crippen LogP contribution >= 0.6 is 11.6 Å². The van der Waals surface area contributed by atoms with Gasteiger partial charge >= 0.3 is 0 Å². The number of anilines is 3. The second-order valence-corrected chi connectivity index (χ2v) is 5.73. The van der Waals surface area contributed by atoms with Gasteiger partial charge in [-0.25, -0.2) is 13.8 Å². The standard InChI is InChI=1S/C18H15ClF2N4/c19-13-4-1-3-12(11-13)7-9-22-18-23-10-8-16(25-18)24-17-14(20)5-2-6-15(17)21/h1-6,8,10-11H,7,9H2,(H2,22,23,24,25). The largest absolute Gasteiger partial charge is 0.354 e. The summed E-state index contributed by atoms with van der Waals surface area (Å²) in [7, 11) is 0. The molecule has 0 radical (unpaired) electrons. The molecule has 25 heavy (non-hydrogen) atoms. The minimum absolute atomic E-state index is 0.244. The van der Waals surface area contributed by atoms with Gasteiger partial charge in [0, 0.05) is 17.8 Å². The van der Waals surface area contributed by atoms with E-state index in [-0.39, 0.29) is 5.69 Å². The van der Waals surface area contributed by atoms with Crippen molar-refractivity contribution in [2.45, 2.75) is 6.42 Å². The van der Waals surface area contributed by atoms with Crippen molar-refractivity contribution in [1.29, 1.82) is 0 Å². The van der Waals surface area contributed by atoms with Crippen LogP contribution in [0.5, 0.6) is 0 Å². The van der Waals surface area contributed by atoms with Gasteiger partial charge in [0.05, 0.1) is 0 Å². The van der Waals surface area contributed by atoms with Gasteiger partial charge in [-0.3, -0.25) is 0 Å². The van der Waals surface area contributed by atoms with Gasteiger partial charge in [-0.1, -0.05) is 29.8 Å². The molecule has 0 amide bonds. The summed E-state index contributed by atoms with van der Waals surface area (Å²) >= 11 is 5.95. The highest BCUT2D eigenvalue weighted by atomic mass is 35.5. The van der Waals surface area contributed by atoms with Gasteiger partial charge in [-0.2, -0.15) is 4.98 Å². The monoisotopic (exact) mass is 360 g/mol. The molecule has 2 N–H and O–H groups in total. The lowest BCUT2D eigenvalue weighted by Gasteiger charge is -2.10. The lowest BCUT2D eigenvalue weighted by atomic mass is 10.1. The Morgan fingerprint density at radius 3 is 2.52 bits per heavy atom. The number of hydrogen-bond donors (Lipinski definition) is 2. The first-order chi connectivity index (χ1) is 12.1. The zero-order valence-corrected chi connectivity index (χ0v) is 13.9. The maximum Gasteiger partial charge on any atom is 0.224 e. The molecule has 1 aromatic heterocycles. The third-order valence-corrected chi connectivity index (χ3v) is 3.69. The number of rotatable bonds is 6. The lowest BCUT2D eigenvalue weighted by molar-refractivity contribution is 0.590. The number of halogens is 3. The van der Waals surface area contributed by atoms with Gasteiger partial charge in [0.25, 0.3) is 0 Å². The van der Waals surface area contributed by atoms with Crippen LogP contribution in [0.25, 0.3) is 0 Å². The summed E-state index contributed by atoms with van der Waals surface area (Å²) < 4.78 is 27.4. The van der Waals surface area contributed by atoms with Crippen molar-refractivity contribution in [2.24, 2.45) is 0 Å². The van der Waals surface area contributed by atoms with Crippen molar-refractivity contribution in [2.75, 3.05) is 17.2 Å². The zero-order chi connectivity index (χ0) is 17.6. The smallest absolute Gasteiger partial charge is 0.224 e. The number of para-hydroxylation sites is 1. The highest BCUT2D eigenvalue weighted by Crippen LogP contribution is 2.22. The minimum Gasteiger partial charge on any atom is -0.354 e. The molecule has 0 bridgehead atoms. The molecule has 0 aliphatic rings. The van der Waals surface area contributed by atoms with Gasteiger partial charge in [0.1, 0.15) is 23.1 Å². The third kappa shape index (κ3) is 4.64. The first-order valence-corrected chi connectivity index (χ1v) is 8.02. The molecular weight excluding hydrogens is 346 g/mol. The molecule has 3 aromatic rings. The molecule has 0 aliphatic carbocycles. The molecule has 0 aliphatic heterocycles. The fourth-order valence-electron chi connectivity index (χ4n) is 2.27. The molecular formula is C18H15ClF2N4. The molecule has 7 heteroatoms. The molecule has 0 saturated heterocycles. The van der Waals surface area contributed by atoms with E-state index in [2.05, 4.69) is 20.6 Å². The van der Waals surface area contributed by atoms with Crippen molar-refractivity contribution in [1.82, 2.24) is 9.97 Å². The van der Waals surface area contributed by atoms with Crippen LogP contribution in [-0.4, -0.2) is 16.5 Å². The summed E-state index contributed by atoms with van der Waals surface area (Å²) in [5.41, 5.74) is 0.841. The lowest BCUT2D eigenvalue weighted by Crippen LogP contribution is -2.09. The molecule has 0 saturated carbocycles. The average molecular weight is 361 g/mol. The molecule has 0 unspecified atom stereocenters. The molecule has 1 heterocycles. The van der Waals surface area contributed by atoms with E-state index < -0.39 is 11.6 Å². The van der Waals surface area contributed by atoms with Crippen LogP contribution in [0, 0.1) is 11.6 Å². The Kier molecular flexibility index (Phi) is 5.40. The van der Waals surface area contributed by atoms with E-state index in [1.165, 1.54) is 30.5 Å². The Morgan fingerprint density at radius 1 is 1.00 bits per heavy atom. The highest BCUT2D eigenvalue weighted by Gasteiger charge is 2.09. The molecule has 3 rings (SSSR count). The molecule has 2 aromatic carbocycles. The van der Waals surface area contributed by atoms with Crippen LogP contribution in [-0.2, 0) is 6.42 Å². The highest BCUT2D eigenvalue weighted by molar-refractivity contribution is 6.30. The van der Waals surface area contributed by atoms with Gasteiger partial charge in [-0.15, -0.1) is 0 Å². The molecule has 128 valence electrons. The van der Waals surface area contributed by atoms with Crippen LogP contribution in [0.4, 0.5) is 26.2 Å². The van der Waals surface area contributed by atoms with Crippen LogP contribution in [0.3, 0.4) is 0 Å². The van der Waals surface area contributed by atoms with Crippen LogP contribution < -0.4 is 10.6 Å². The quantitative estimate of drug-likeness (QED) is 0.662. The zero-order valence-electron chi connectivity index (χ0n) is 13.1. The minimum atomic E-state index is -0.686. The summed E-state index contributed by atoms with van der Waals surface area (Å²) in [6.07, 6.45) is 2.25. The summed E-state index contributed by atoms with van der Waals surface area (Å²) in [5.74, 6) is -0.712. The Balaban J connectivity index is 1.63. The average Bonchev–Trinajstić information content (AvgIpc) is 2.59. The summed E-state index contributed by atoms with van der Waals surface area (Å²) in [6, 6.07) is 12.8. The van der Waals surface area contributed by atoms with E-state index >= 15 is 0 Å². The fourth-order valence-corrected chi connectivity index (χ4v) is 2.48. The Hall–Kier alpha value is -2.73. The summed E-state index contributed by atoms with van der Waals surface area (Å²) in [5, 5.41) is 6.40. The Labute approximate surface area is 148 Å². The van der Waals surface area contributed by atoms with Crippen molar-refractivity contribution in [3.63, 3.8) is 0 Å². The predicted octanol–water partition coefficient (Wildman–Crippen LogP) is 4.81. The van der Waals surface area contributed by atoms with Gasteiger partial charge in [0.15, 0.2) is 0 Å². The second-order valence-electron chi connectivity index (χ2n) is 5.29. The van der Waals surface area contributed by atoms with E-state index in [0.717, 1.165) is 12.0 Å². The van der Waals surface area contributed by atoms with Crippen LogP contribution in [0.2, 0.25) is 5.02 Å². The number of hydrogen-bond acceptors (Lipinski definition) is 4. The van der Waals surface area contributed by atoms with E-state index in [0.29, 0.717) is 23.3 Å². The van der Waals surface area contributed by atoms with Crippen molar-refractivity contribution in [3.05, 3.63) is 76.9 Å². The van der Waals surface area contributed by atoms with E-state index in [9.17, 15) is 8.78 Å². The third-order valence-electron chi connectivity index (χ3n) is 3.46. The normalized spacial score (nSPS) is 10.5. The second kappa shape index (κ2) is 7.90. The summed E-state index contributed by atoms with van der Waals surface area (Å²) in [6.45, 7) is 0.595. The Bertz CT molecular complexity index is 853. The van der Waals surface area contributed by atoms with Crippen molar-refractivity contribution < 1.29 is 8.78 Å². The van der Waals surface area contributed by atoms with Gasteiger partial charge in [-0.05, 0) is 42.3 Å². The molecule has 0 atom stereocenters. The van der Waals surface area contributed by atoms with Gasteiger partial charge < -0.3 is 10.6 Å². The number of benzene rings is 2. The first kappa shape index (κ1) is 17.1. The number of aromatic nitrogens is 2. The number of nitrogens with zero attached hydrogens (tertiary/aromatic N) is 2. The fraction of sp³-hybridized carbons (Fsp3) is 0.111. The van der Waals surface area contributed by atoms with Crippen molar-refractivity contribution >= 4 is 29.1 Å². The maximum absolute atomic E-state index is 13.7. The summed E-state index contributed by atoms with van der Waals surface area (Å²) in [4.78, 5) is 8.31. The SMILES string of the molecule is Fc1cccc(F)c1Nc1ccnc(NCCc2cccc(Cl)c2)n1. The van der Waals surface area contributed by atoms with E-state index in [4.69, 9.17) is 11.6 Å². The first-order valence-electron chi connectivity index (χ1n) is 7.64.